The van der Waals surface area contributed by atoms with Crippen molar-refractivity contribution in [1.82, 2.24) is 10.6 Å². The first-order valence-electron chi connectivity index (χ1n) is 7.49. The van der Waals surface area contributed by atoms with Crippen LogP contribution in [0.1, 0.15) is 33.6 Å². The normalized spacial score (nSPS) is 19.7. The molecule has 0 spiro atoms. The molecule has 1 unspecified atom stereocenters. The van der Waals surface area contributed by atoms with Crippen molar-refractivity contribution in [3.63, 3.8) is 0 Å². The van der Waals surface area contributed by atoms with Gasteiger partial charge >= 0.3 is 17.9 Å². The van der Waals surface area contributed by atoms with E-state index < -0.39 is 24.0 Å². The SMILES string of the molecule is CC(C)(C)OC(=O)C1=CCC(CNCC(F)(F)C(=O)O)NCC1. The van der Waals surface area contributed by atoms with Crippen molar-refractivity contribution in [1.29, 1.82) is 0 Å². The Morgan fingerprint density at radius 3 is 2.65 bits per heavy atom. The number of ether oxygens (including phenoxy) is 1. The van der Waals surface area contributed by atoms with Crippen LogP contribution in [0.2, 0.25) is 0 Å². The zero-order valence-electron chi connectivity index (χ0n) is 13.6. The first-order valence-corrected chi connectivity index (χ1v) is 7.49. The summed E-state index contributed by atoms with van der Waals surface area (Å²) in [6.07, 6.45) is 2.71. The van der Waals surface area contributed by atoms with Crippen LogP contribution in [0.15, 0.2) is 11.6 Å². The molecule has 1 aliphatic rings. The van der Waals surface area contributed by atoms with E-state index in [1.54, 1.807) is 26.8 Å². The molecule has 0 saturated carbocycles. The van der Waals surface area contributed by atoms with Crippen LogP contribution in [0.3, 0.4) is 0 Å². The van der Waals surface area contributed by atoms with Crippen LogP contribution in [0.25, 0.3) is 0 Å². The number of carboxylic acid groups (broad SMARTS) is 1. The third-order valence-corrected chi connectivity index (χ3v) is 3.19. The van der Waals surface area contributed by atoms with Crippen LogP contribution >= 0.6 is 0 Å². The van der Waals surface area contributed by atoms with Gasteiger partial charge in [-0.2, -0.15) is 8.78 Å². The lowest BCUT2D eigenvalue weighted by Crippen LogP contribution is -2.45. The number of hydrogen-bond donors (Lipinski definition) is 3. The lowest BCUT2D eigenvalue weighted by Gasteiger charge is -2.20. The van der Waals surface area contributed by atoms with Crippen LogP contribution in [0.5, 0.6) is 0 Å². The van der Waals surface area contributed by atoms with Gasteiger partial charge in [0.25, 0.3) is 0 Å². The highest BCUT2D eigenvalue weighted by Gasteiger charge is 2.38. The highest BCUT2D eigenvalue weighted by molar-refractivity contribution is 5.88. The summed E-state index contributed by atoms with van der Waals surface area (Å²) in [5.74, 6) is -6.31. The topological polar surface area (TPSA) is 87.7 Å². The van der Waals surface area contributed by atoms with Crippen molar-refractivity contribution in [3.05, 3.63) is 11.6 Å². The molecule has 23 heavy (non-hydrogen) atoms. The summed E-state index contributed by atoms with van der Waals surface area (Å²) < 4.78 is 31.2. The third-order valence-electron chi connectivity index (χ3n) is 3.19. The van der Waals surface area contributed by atoms with Gasteiger partial charge in [0.05, 0.1) is 6.54 Å². The second-order valence-corrected chi connectivity index (χ2v) is 6.51. The molecular formula is C15H24F2N2O4. The smallest absolute Gasteiger partial charge is 0.375 e. The van der Waals surface area contributed by atoms with E-state index in [-0.39, 0.29) is 18.6 Å². The zero-order valence-corrected chi connectivity index (χ0v) is 13.6. The van der Waals surface area contributed by atoms with Gasteiger partial charge in [0, 0.05) is 18.2 Å². The fraction of sp³-hybridized carbons (Fsp3) is 0.733. The molecule has 0 radical (unpaired) electrons. The van der Waals surface area contributed by atoms with Crippen molar-refractivity contribution in [2.45, 2.75) is 51.2 Å². The Labute approximate surface area is 134 Å². The second-order valence-electron chi connectivity index (χ2n) is 6.51. The van der Waals surface area contributed by atoms with Gasteiger partial charge in [0.1, 0.15) is 5.60 Å². The minimum Gasteiger partial charge on any atom is -0.477 e. The molecule has 8 heteroatoms. The van der Waals surface area contributed by atoms with Crippen molar-refractivity contribution in [2.24, 2.45) is 0 Å². The van der Waals surface area contributed by atoms with Gasteiger partial charge in [-0.3, -0.25) is 0 Å². The molecule has 132 valence electrons. The Morgan fingerprint density at radius 1 is 1.43 bits per heavy atom. The van der Waals surface area contributed by atoms with Crippen LogP contribution in [0.4, 0.5) is 8.78 Å². The minimum atomic E-state index is -3.79. The van der Waals surface area contributed by atoms with Gasteiger partial charge in [-0.15, -0.1) is 0 Å². The van der Waals surface area contributed by atoms with E-state index >= 15 is 0 Å². The summed E-state index contributed by atoms with van der Waals surface area (Å²) in [6.45, 7) is 5.14. The maximum Gasteiger partial charge on any atom is 0.375 e. The van der Waals surface area contributed by atoms with Crippen LogP contribution < -0.4 is 10.6 Å². The number of halogens is 2. The van der Waals surface area contributed by atoms with Crippen molar-refractivity contribution in [2.75, 3.05) is 19.6 Å². The number of aliphatic carboxylic acids is 1. The Balaban J connectivity index is 2.48. The van der Waals surface area contributed by atoms with E-state index in [9.17, 15) is 18.4 Å². The fourth-order valence-electron chi connectivity index (χ4n) is 2.04. The lowest BCUT2D eigenvalue weighted by atomic mass is 10.1. The monoisotopic (exact) mass is 334 g/mol. The molecule has 0 bridgehead atoms. The molecule has 0 aliphatic carbocycles. The van der Waals surface area contributed by atoms with Gasteiger partial charge in [-0.05, 0) is 40.2 Å². The summed E-state index contributed by atoms with van der Waals surface area (Å²) >= 11 is 0. The van der Waals surface area contributed by atoms with Crippen molar-refractivity contribution >= 4 is 11.9 Å². The van der Waals surface area contributed by atoms with Crippen molar-refractivity contribution in [3.8, 4) is 0 Å². The summed E-state index contributed by atoms with van der Waals surface area (Å²) in [6, 6.07) is -0.153. The largest absolute Gasteiger partial charge is 0.477 e. The zero-order chi connectivity index (χ0) is 17.7. The highest BCUT2D eigenvalue weighted by Crippen LogP contribution is 2.16. The molecule has 0 aromatic rings. The summed E-state index contributed by atoms with van der Waals surface area (Å²) in [5, 5.41) is 13.9. The third kappa shape index (κ3) is 7.04. The predicted molar refractivity (Wildman–Crippen MR) is 80.4 cm³/mol. The molecule has 0 aromatic heterocycles. The molecule has 1 heterocycles. The van der Waals surface area contributed by atoms with E-state index in [1.807, 2.05) is 0 Å². The number of esters is 1. The van der Waals surface area contributed by atoms with Crippen molar-refractivity contribution < 1.29 is 28.2 Å². The molecular weight excluding hydrogens is 310 g/mol. The number of rotatable bonds is 6. The van der Waals surface area contributed by atoms with E-state index in [0.717, 1.165) is 0 Å². The molecule has 0 saturated heterocycles. The van der Waals surface area contributed by atoms with Crippen LogP contribution in [-0.4, -0.2) is 54.2 Å². The average molecular weight is 334 g/mol. The molecule has 1 atom stereocenters. The van der Waals surface area contributed by atoms with E-state index in [4.69, 9.17) is 9.84 Å². The average Bonchev–Trinajstić information content (AvgIpc) is 2.62. The van der Waals surface area contributed by atoms with Crippen LogP contribution in [0, 0.1) is 0 Å². The molecule has 0 amide bonds. The molecule has 1 rings (SSSR count). The summed E-state index contributed by atoms with van der Waals surface area (Å²) in [5.41, 5.74) is -0.00751. The van der Waals surface area contributed by atoms with Gasteiger partial charge in [-0.25, -0.2) is 9.59 Å². The maximum absolute atomic E-state index is 13.0. The number of alkyl halides is 2. The molecule has 3 N–H and O–H groups in total. The minimum absolute atomic E-state index is 0.153. The molecule has 0 fully saturated rings. The Hall–Kier alpha value is -1.54. The molecule has 0 aromatic carbocycles. The first kappa shape index (κ1) is 19.5. The first-order chi connectivity index (χ1) is 10.5. The molecule has 6 nitrogen and oxygen atoms in total. The van der Waals surface area contributed by atoms with Crippen LogP contribution in [-0.2, 0) is 14.3 Å². The van der Waals surface area contributed by atoms with E-state index in [1.165, 1.54) is 0 Å². The van der Waals surface area contributed by atoms with Gasteiger partial charge in [-0.1, -0.05) is 6.08 Å². The fourth-order valence-corrected chi connectivity index (χ4v) is 2.04. The number of carboxylic acids is 1. The quantitative estimate of drug-likeness (QED) is 0.635. The highest BCUT2D eigenvalue weighted by atomic mass is 19.3. The Morgan fingerprint density at radius 2 is 2.09 bits per heavy atom. The number of hydrogen-bond acceptors (Lipinski definition) is 5. The predicted octanol–water partition coefficient (Wildman–Crippen LogP) is 1.32. The number of nitrogens with one attached hydrogen (secondary N) is 2. The second kappa shape index (κ2) is 7.83. The van der Waals surface area contributed by atoms with Gasteiger partial charge in [0.15, 0.2) is 0 Å². The van der Waals surface area contributed by atoms with Gasteiger partial charge in [0.2, 0.25) is 0 Å². The van der Waals surface area contributed by atoms with E-state index in [0.29, 0.717) is 25.0 Å². The van der Waals surface area contributed by atoms with E-state index in [2.05, 4.69) is 10.6 Å². The maximum atomic E-state index is 13.0. The Kier molecular flexibility index (Phi) is 6.64. The Bertz CT molecular complexity index is 473. The summed E-state index contributed by atoms with van der Waals surface area (Å²) in [4.78, 5) is 22.3. The lowest BCUT2D eigenvalue weighted by molar-refractivity contribution is -0.164. The summed E-state index contributed by atoms with van der Waals surface area (Å²) in [7, 11) is 0. The van der Waals surface area contributed by atoms with Gasteiger partial charge < -0.3 is 20.5 Å². The molecule has 1 aliphatic heterocycles. The number of carbonyl (C=O) groups is 2. The number of carbonyl (C=O) groups excluding carboxylic acids is 1. The standard InChI is InChI=1S/C15H24F2N2O4/c1-14(2,3)23-12(20)10-4-5-11(19-7-6-10)8-18-9-15(16,17)13(21)22/h4,11,18-19H,5-9H2,1-3H3,(H,21,22).